The van der Waals surface area contributed by atoms with Gasteiger partial charge in [0.2, 0.25) is 0 Å². The van der Waals surface area contributed by atoms with E-state index < -0.39 is 9.73 Å². The summed E-state index contributed by atoms with van der Waals surface area (Å²) >= 11 is 0. The molecule has 0 radical (unpaired) electrons. The van der Waals surface area contributed by atoms with Crippen molar-refractivity contribution in [2.75, 3.05) is 38.2 Å². The second-order valence-corrected chi connectivity index (χ2v) is 13.4. The maximum absolute atomic E-state index is 14.5. The zero-order valence-electron chi connectivity index (χ0n) is 23.2. The Morgan fingerprint density at radius 3 is 2.35 bits per heavy atom. The van der Waals surface area contributed by atoms with Crippen molar-refractivity contribution in [3.8, 4) is 17.2 Å². The molecule has 0 aliphatic carbocycles. The lowest BCUT2D eigenvalue weighted by Gasteiger charge is -2.24. The summed E-state index contributed by atoms with van der Waals surface area (Å²) in [6, 6.07) is 10.8. The number of rotatable bonds is 4. The summed E-state index contributed by atoms with van der Waals surface area (Å²) in [6.45, 7) is 7.88. The van der Waals surface area contributed by atoms with Crippen LogP contribution in [-0.2, 0) is 16.1 Å². The van der Waals surface area contributed by atoms with E-state index in [-0.39, 0.29) is 17.5 Å². The third kappa shape index (κ3) is 4.71. The van der Waals surface area contributed by atoms with E-state index in [1.807, 2.05) is 31.3 Å². The average molecular weight is 564 g/mol. The van der Waals surface area contributed by atoms with Gasteiger partial charge in [-0.1, -0.05) is 0 Å². The highest BCUT2D eigenvalue weighted by atomic mass is 32.2. The SMILES string of the molecule is Cc1cc(-n2nc3c(c2-n2ccn(-c4ccc(N=S5(=O)CCN(C)CC5)cc4)c2=O)[C@H](C)NCC3)cc(C)c1F. The van der Waals surface area contributed by atoms with E-state index in [0.717, 1.165) is 37.3 Å². The zero-order chi connectivity index (χ0) is 28.2. The first kappa shape index (κ1) is 26.7. The largest absolute Gasteiger partial charge is 0.338 e. The first-order valence-electron chi connectivity index (χ1n) is 13.6. The fourth-order valence-electron chi connectivity index (χ4n) is 5.56. The number of nitrogens with one attached hydrogen (secondary N) is 1. The van der Waals surface area contributed by atoms with Gasteiger partial charge in [-0.25, -0.2) is 18.1 Å². The quantitative estimate of drug-likeness (QED) is 0.408. The average Bonchev–Trinajstić information content (AvgIpc) is 3.50. The number of aryl methyl sites for hydroxylation is 2. The van der Waals surface area contributed by atoms with Crippen molar-refractivity contribution < 1.29 is 8.60 Å². The lowest BCUT2D eigenvalue weighted by molar-refractivity contribution is 0.366. The summed E-state index contributed by atoms with van der Waals surface area (Å²) < 4.78 is 37.1. The molecule has 0 spiro atoms. The van der Waals surface area contributed by atoms with Gasteiger partial charge in [-0.05, 0) is 75.3 Å². The summed E-state index contributed by atoms with van der Waals surface area (Å²) in [6.07, 6.45) is 4.21. The van der Waals surface area contributed by atoms with E-state index in [2.05, 4.69) is 21.5 Å². The van der Waals surface area contributed by atoms with Crippen LogP contribution in [0, 0.1) is 19.7 Å². The van der Waals surface area contributed by atoms with Crippen molar-refractivity contribution in [2.24, 2.45) is 4.36 Å². The highest BCUT2D eigenvalue weighted by Crippen LogP contribution is 2.31. The number of fused-ring (bicyclic) bond motifs is 1. The van der Waals surface area contributed by atoms with E-state index in [4.69, 9.17) is 5.10 Å². The second kappa shape index (κ2) is 10.1. The molecular weight excluding hydrogens is 529 g/mol. The van der Waals surface area contributed by atoms with Crippen LogP contribution in [0.15, 0.2) is 57.9 Å². The van der Waals surface area contributed by atoms with Crippen molar-refractivity contribution in [3.63, 3.8) is 0 Å². The van der Waals surface area contributed by atoms with Crippen molar-refractivity contribution in [2.45, 2.75) is 33.2 Å². The Labute approximate surface area is 233 Å². The molecule has 4 heterocycles. The van der Waals surface area contributed by atoms with Crippen LogP contribution < -0.4 is 11.0 Å². The molecule has 1 N–H and O–H groups in total. The number of benzene rings is 2. The third-order valence-corrected chi connectivity index (χ3v) is 10.1. The zero-order valence-corrected chi connectivity index (χ0v) is 24.0. The maximum Gasteiger partial charge on any atom is 0.338 e. The standard InChI is InChI=1S/C29H34FN7O2S/c1-19-17-24(18-20(2)27(19)30)37-28(26-21(3)31-10-9-25(26)32-37)36-12-11-35(29(36)38)23-7-5-22(6-8-23)33-40(39)15-13-34(4)14-16-40/h5-8,11-12,17-18,21,31H,9-10,13-16H2,1-4H3/t21-/m0/s1. The number of imidazole rings is 1. The van der Waals surface area contributed by atoms with Crippen molar-refractivity contribution >= 4 is 15.4 Å². The number of halogens is 1. The molecular formula is C29H34FN7O2S. The van der Waals surface area contributed by atoms with E-state index >= 15 is 0 Å². The Hall–Kier alpha value is -3.54. The summed E-state index contributed by atoms with van der Waals surface area (Å²) in [5.41, 5.74) is 4.73. The molecule has 0 bridgehead atoms. The van der Waals surface area contributed by atoms with Crippen LogP contribution in [0.1, 0.15) is 35.3 Å². The van der Waals surface area contributed by atoms with Gasteiger partial charge in [0.1, 0.15) is 11.6 Å². The Morgan fingerprint density at radius 2 is 1.68 bits per heavy atom. The topological polar surface area (TPSA) is 89.5 Å². The fraction of sp³-hybridized carbons (Fsp3) is 0.379. The van der Waals surface area contributed by atoms with Gasteiger partial charge in [-0.3, -0.25) is 9.13 Å². The van der Waals surface area contributed by atoms with Gasteiger partial charge in [-0.2, -0.15) is 9.46 Å². The highest BCUT2D eigenvalue weighted by molar-refractivity contribution is 7.93. The molecule has 0 unspecified atom stereocenters. The molecule has 1 saturated heterocycles. The third-order valence-electron chi connectivity index (χ3n) is 7.87. The van der Waals surface area contributed by atoms with E-state index in [0.29, 0.717) is 45.5 Å². The minimum Gasteiger partial charge on any atom is -0.310 e. The Bertz CT molecular complexity index is 1740. The summed E-state index contributed by atoms with van der Waals surface area (Å²) in [4.78, 5) is 16.0. The summed E-state index contributed by atoms with van der Waals surface area (Å²) in [7, 11) is -0.243. The van der Waals surface area contributed by atoms with Crippen molar-refractivity contribution in [1.82, 2.24) is 29.1 Å². The number of nitrogens with zero attached hydrogens (tertiary/aromatic N) is 6. The van der Waals surface area contributed by atoms with Crippen LogP contribution in [0.25, 0.3) is 17.2 Å². The summed E-state index contributed by atoms with van der Waals surface area (Å²) in [5, 5.41) is 8.38. The molecule has 9 nitrogen and oxygen atoms in total. The first-order valence-corrected chi connectivity index (χ1v) is 15.4. The molecule has 0 saturated carbocycles. The van der Waals surface area contributed by atoms with Crippen LogP contribution in [0.5, 0.6) is 0 Å². The van der Waals surface area contributed by atoms with E-state index in [1.165, 1.54) is 0 Å². The number of hydrogen-bond acceptors (Lipinski definition) is 6. The molecule has 1 fully saturated rings. The van der Waals surface area contributed by atoms with Crippen LogP contribution in [0.2, 0.25) is 0 Å². The van der Waals surface area contributed by atoms with E-state index in [9.17, 15) is 13.4 Å². The Balaban J connectivity index is 1.42. The molecule has 210 valence electrons. The predicted molar refractivity (Wildman–Crippen MR) is 156 cm³/mol. The number of aromatic nitrogens is 4. The monoisotopic (exact) mass is 563 g/mol. The normalized spacial score (nSPS) is 19.0. The van der Waals surface area contributed by atoms with Gasteiger partial charge < -0.3 is 10.2 Å². The molecule has 2 aliphatic rings. The molecule has 40 heavy (non-hydrogen) atoms. The predicted octanol–water partition coefficient (Wildman–Crippen LogP) is 3.82. The molecule has 2 aliphatic heterocycles. The number of hydrogen-bond donors (Lipinski definition) is 1. The highest BCUT2D eigenvalue weighted by Gasteiger charge is 2.29. The molecule has 2 aromatic carbocycles. The smallest absolute Gasteiger partial charge is 0.310 e. The van der Waals surface area contributed by atoms with E-state index in [1.54, 1.807) is 52.2 Å². The van der Waals surface area contributed by atoms with Crippen LogP contribution in [-0.4, -0.2) is 66.2 Å². The van der Waals surface area contributed by atoms with Crippen LogP contribution in [0.3, 0.4) is 0 Å². The minimum atomic E-state index is -2.27. The van der Waals surface area contributed by atoms with Crippen LogP contribution in [0.4, 0.5) is 10.1 Å². The van der Waals surface area contributed by atoms with Gasteiger partial charge in [0, 0.05) is 61.6 Å². The van der Waals surface area contributed by atoms with Crippen molar-refractivity contribution in [3.05, 3.63) is 87.5 Å². The van der Waals surface area contributed by atoms with Crippen molar-refractivity contribution in [1.29, 1.82) is 0 Å². The van der Waals surface area contributed by atoms with Crippen LogP contribution >= 0.6 is 0 Å². The minimum absolute atomic E-state index is 0.00669. The molecule has 2 aromatic heterocycles. The first-order chi connectivity index (χ1) is 19.1. The molecule has 6 rings (SSSR count). The van der Waals surface area contributed by atoms with Gasteiger partial charge in [-0.15, -0.1) is 0 Å². The lowest BCUT2D eigenvalue weighted by Crippen LogP contribution is -2.37. The molecule has 1 atom stereocenters. The summed E-state index contributed by atoms with van der Waals surface area (Å²) in [5.74, 6) is 1.53. The Morgan fingerprint density at radius 1 is 1.02 bits per heavy atom. The Kier molecular flexibility index (Phi) is 6.76. The maximum atomic E-state index is 14.5. The van der Waals surface area contributed by atoms with Gasteiger partial charge in [0.05, 0.1) is 32.5 Å². The molecule has 4 aromatic rings. The molecule has 11 heteroatoms. The molecule has 0 amide bonds. The fourth-order valence-corrected chi connectivity index (χ4v) is 7.65. The van der Waals surface area contributed by atoms with Gasteiger partial charge in [0.15, 0.2) is 0 Å². The van der Waals surface area contributed by atoms with Gasteiger partial charge >= 0.3 is 5.69 Å². The van der Waals surface area contributed by atoms with Gasteiger partial charge in [0.25, 0.3) is 0 Å². The lowest BCUT2D eigenvalue weighted by atomic mass is 10.0. The second-order valence-electron chi connectivity index (χ2n) is 10.8.